The molecule has 0 fully saturated rings. The number of hydrogen-bond acceptors (Lipinski definition) is 6. The zero-order valence-electron chi connectivity index (χ0n) is 17.3. The summed E-state index contributed by atoms with van der Waals surface area (Å²) in [6.45, 7) is 14.3. The monoisotopic (exact) mass is 410 g/mol. The molecule has 0 aliphatic carbocycles. The average Bonchev–Trinajstić information content (AvgIpc) is 2.99. The molecule has 7 heteroatoms. The normalized spacial score (nSPS) is 12.4. The molecule has 1 N–H and O–H groups in total. The Morgan fingerprint density at radius 1 is 1.04 bits per heavy atom. The van der Waals surface area contributed by atoms with E-state index < -0.39 is 0 Å². The Labute approximate surface area is 171 Å². The van der Waals surface area contributed by atoms with Crippen LogP contribution in [0.25, 0.3) is 10.6 Å². The first-order chi connectivity index (χ1) is 12.5. The summed E-state index contributed by atoms with van der Waals surface area (Å²) in [4.78, 5) is 0. The van der Waals surface area contributed by atoms with E-state index in [9.17, 15) is 0 Å². The van der Waals surface area contributed by atoms with E-state index in [1.165, 1.54) is 11.3 Å². The van der Waals surface area contributed by atoms with Crippen LogP contribution in [0.3, 0.4) is 0 Å². The lowest BCUT2D eigenvalue weighted by Gasteiger charge is -2.30. The second-order valence-electron chi connectivity index (χ2n) is 8.48. The van der Waals surface area contributed by atoms with Crippen LogP contribution in [0, 0.1) is 3.95 Å². The van der Waals surface area contributed by atoms with Crippen molar-refractivity contribution in [1.82, 2.24) is 10.2 Å². The maximum absolute atomic E-state index is 6.14. The Kier molecular flexibility index (Phi) is 7.19. The van der Waals surface area contributed by atoms with Gasteiger partial charge in [-0.2, -0.15) is 5.10 Å². The first-order valence-corrected chi connectivity index (χ1v) is 10.2. The van der Waals surface area contributed by atoms with Crippen molar-refractivity contribution in [2.75, 3.05) is 27.1 Å². The molecule has 0 bridgehead atoms. The number of rotatable bonds is 7. The summed E-state index contributed by atoms with van der Waals surface area (Å²) in [5, 5.41) is 8.13. The third-order valence-electron chi connectivity index (χ3n) is 4.11. The molecular formula is C20H30N2O3S2. The van der Waals surface area contributed by atoms with Gasteiger partial charge >= 0.3 is 0 Å². The number of nitrogens with zero attached hydrogens (tertiary/aromatic N) is 1. The fourth-order valence-corrected chi connectivity index (χ4v) is 3.55. The average molecular weight is 411 g/mol. The number of methoxy groups -OCH3 is 1. The number of aromatic amines is 1. The van der Waals surface area contributed by atoms with E-state index in [4.69, 9.17) is 26.4 Å². The highest BCUT2D eigenvalue weighted by molar-refractivity contribution is 7.73. The Balaban J connectivity index is 2.53. The van der Waals surface area contributed by atoms with Gasteiger partial charge in [0.25, 0.3) is 0 Å². The Morgan fingerprint density at radius 3 is 2.07 bits per heavy atom. The number of ether oxygens (including phenoxy) is 3. The topological polar surface area (TPSA) is 56.4 Å². The molecule has 0 atom stereocenters. The van der Waals surface area contributed by atoms with E-state index >= 15 is 0 Å². The largest absolute Gasteiger partial charge is 0.467 e. The van der Waals surface area contributed by atoms with Gasteiger partial charge in [0.1, 0.15) is 10.8 Å². The third-order valence-corrected chi connectivity index (χ3v) is 5.25. The molecule has 27 heavy (non-hydrogen) atoms. The van der Waals surface area contributed by atoms with Crippen LogP contribution in [0.5, 0.6) is 5.75 Å². The lowest BCUT2D eigenvalue weighted by atomic mass is 9.78. The maximum Gasteiger partial charge on any atom is 0.189 e. The van der Waals surface area contributed by atoms with Gasteiger partial charge in [-0.25, -0.2) is 0 Å². The first kappa shape index (κ1) is 22.0. The standard InChI is InChI=1S/C20H30N2O3S2/c1-19(2,3)14-10-13(17-21-22-18(26)27-17)11-15(20(4,5)6)16(14)25-12-24-9-8-23-7/h10-11H,8-9,12H2,1-7H3,(H,22,26). The zero-order valence-corrected chi connectivity index (χ0v) is 18.9. The number of benzene rings is 1. The third kappa shape index (κ3) is 5.85. The van der Waals surface area contributed by atoms with Crippen LogP contribution in [0.2, 0.25) is 0 Å². The van der Waals surface area contributed by atoms with E-state index in [-0.39, 0.29) is 17.6 Å². The highest BCUT2D eigenvalue weighted by atomic mass is 32.1. The molecule has 150 valence electrons. The molecule has 1 aromatic heterocycles. The lowest BCUT2D eigenvalue weighted by Crippen LogP contribution is -2.21. The predicted octanol–water partition coefficient (Wildman–Crippen LogP) is 5.46. The molecule has 0 saturated heterocycles. The SMILES string of the molecule is COCCOCOc1c(C(C)(C)C)cc(-c2n[nH]c(=S)s2)cc1C(C)(C)C. The van der Waals surface area contributed by atoms with E-state index in [1.54, 1.807) is 7.11 Å². The molecule has 0 spiro atoms. The smallest absolute Gasteiger partial charge is 0.189 e. The van der Waals surface area contributed by atoms with Gasteiger partial charge < -0.3 is 14.2 Å². The van der Waals surface area contributed by atoms with Crippen LogP contribution in [0.4, 0.5) is 0 Å². The van der Waals surface area contributed by atoms with Crippen LogP contribution in [-0.2, 0) is 20.3 Å². The Morgan fingerprint density at radius 2 is 1.63 bits per heavy atom. The summed E-state index contributed by atoms with van der Waals surface area (Å²) in [5.74, 6) is 0.885. The zero-order chi connectivity index (χ0) is 20.2. The summed E-state index contributed by atoms with van der Waals surface area (Å²) >= 11 is 6.69. The minimum absolute atomic E-state index is 0.102. The molecule has 2 aromatic rings. The van der Waals surface area contributed by atoms with Crippen molar-refractivity contribution in [1.29, 1.82) is 0 Å². The van der Waals surface area contributed by atoms with Crippen molar-refractivity contribution in [3.8, 4) is 16.3 Å². The van der Waals surface area contributed by atoms with E-state index in [1.807, 2.05) is 0 Å². The highest BCUT2D eigenvalue weighted by Crippen LogP contribution is 2.43. The van der Waals surface area contributed by atoms with Gasteiger partial charge in [-0.1, -0.05) is 52.9 Å². The van der Waals surface area contributed by atoms with Gasteiger partial charge in [0.15, 0.2) is 10.7 Å². The van der Waals surface area contributed by atoms with E-state index in [0.29, 0.717) is 17.2 Å². The molecule has 0 aliphatic heterocycles. The minimum Gasteiger partial charge on any atom is -0.467 e. The summed E-state index contributed by atoms with van der Waals surface area (Å²) in [5.41, 5.74) is 3.10. The van der Waals surface area contributed by atoms with Crippen LogP contribution in [-0.4, -0.2) is 37.3 Å². The van der Waals surface area contributed by atoms with Crippen LogP contribution < -0.4 is 4.74 Å². The van der Waals surface area contributed by atoms with E-state index in [0.717, 1.165) is 27.4 Å². The molecule has 0 aliphatic rings. The summed E-state index contributed by atoms with van der Waals surface area (Å²) in [6, 6.07) is 4.31. The molecule has 0 radical (unpaired) electrons. The van der Waals surface area contributed by atoms with Crippen LogP contribution in [0.1, 0.15) is 52.7 Å². The number of hydrogen-bond donors (Lipinski definition) is 1. The van der Waals surface area contributed by atoms with Gasteiger partial charge in [0, 0.05) is 23.8 Å². The summed E-state index contributed by atoms with van der Waals surface area (Å²) < 4.78 is 17.4. The number of H-pyrrole nitrogens is 1. The van der Waals surface area contributed by atoms with Gasteiger partial charge in [-0.3, -0.25) is 5.10 Å². The predicted molar refractivity (Wildman–Crippen MR) is 113 cm³/mol. The van der Waals surface area contributed by atoms with E-state index in [2.05, 4.69) is 63.9 Å². The first-order valence-electron chi connectivity index (χ1n) is 8.98. The number of aromatic nitrogens is 2. The highest BCUT2D eigenvalue weighted by Gasteiger charge is 2.28. The summed E-state index contributed by atoms with van der Waals surface area (Å²) in [6.07, 6.45) is 0. The van der Waals surface area contributed by atoms with Crippen molar-refractivity contribution in [2.45, 2.75) is 52.4 Å². The quantitative estimate of drug-likeness (QED) is 0.373. The van der Waals surface area contributed by atoms with Crippen molar-refractivity contribution in [2.24, 2.45) is 0 Å². The fourth-order valence-electron chi connectivity index (χ4n) is 2.68. The van der Waals surface area contributed by atoms with Crippen LogP contribution in [0.15, 0.2) is 12.1 Å². The molecule has 0 amide bonds. The van der Waals surface area contributed by atoms with Crippen molar-refractivity contribution < 1.29 is 14.2 Å². The second-order valence-corrected chi connectivity index (χ2v) is 10.1. The summed E-state index contributed by atoms with van der Waals surface area (Å²) in [7, 11) is 1.66. The Bertz CT molecular complexity index is 779. The molecule has 1 heterocycles. The Hall–Kier alpha value is -1.28. The second kappa shape index (κ2) is 8.82. The van der Waals surface area contributed by atoms with Crippen molar-refractivity contribution in [3.05, 3.63) is 27.2 Å². The fraction of sp³-hybridized carbons (Fsp3) is 0.600. The van der Waals surface area contributed by atoms with Crippen molar-refractivity contribution in [3.63, 3.8) is 0 Å². The van der Waals surface area contributed by atoms with Crippen molar-refractivity contribution >= 4 is 23.6 Å². The molecule has 2 rings (SSSR count). The van der Waals surface area contributed by atoms with Gasteiger partial charge in [0.2, 0.25) is 0 Å². The molecular weight excluding hydrogens is 380 g/mol. The lowest BCUT2D eigenvalue weighted by molar-refractivity contribution is -0.00991. The molecule has 0 unspecified atom stereocenters. The van der Waals surface area contributed by atoms with Gasteiger partial charge in [0.05, 0.1) is 13.2 Å². The molecule has 1 aromatic carbocycles. The minimum atomic E-state index is -0.102. The van der Waals surface area contributed by atoms with Gasteiger partial charge in [-0.15, -0.1) is 0 Å². The number of nitrogens with one attached hydrogen (secondary N) is 1. The van der Waals surface area contributed by atoms with Gasteiger partial charge in [-0.05, 0) is 35.2 Å². The molecule has 0 saturated carbocycles. The van der Waals surface area contributed by atoms with Crippen LogP contribution >= 0.6 is 23.6 Å². The maximum atomic E-state index is 6.14. The molecule has 5 nitrogen and oxygen atoms in total.